The van der Waals surface area contributed by atoms with Gasteiger partial charge in [0, 0.05) is 0 Å². The van der Waals surface area contributed by atoms with Gasteiger partial charge in [0.2, 0.25) is 10.0 Å². The zero-order chi connectivity index (χ0) is 16.1. The molecular formula is C15H31NO4S. The van der Waals surface area contributed by atoms with Gasteiger partial charge >= 0.3 is 5.97 Å². The molecule has 2 N–H and O–H groups in total. The molecular weight excluding hydrogens is 290 g/mol. The molecule has 5 nitrogen and oxygen atoms in total. The highest BCUT2D eigenvalue weighted by Gasteiger charge is 2.18. The Kier molecular flexibility index (Phi) is 11.6. The standard InChI is InChI=1S/C15H31NO4S/c1-3-4-5-6-7-8-9-10-11-12-13-21(19,20)16-14(2)15(17)18/h14,16H,3-13H2,1-2H3,(H,17,18). The molecule has 1 atom stereocenters. The van der Waals surface area contributed by atoms with Crippen LogP contribution in [-0.4, -0.2) is 31.3 Å². The Morgan fingerprint density at radius 2 is 1.38 bits per heavy atom. The van der Waals surface area contributed by atoms with Crippen LogP contribution in [0.4, 0.5) is 0 Å². The third-order valence-corrected chi connectivity index (χ3v) is 5.03. The van der Waals surface area contributed by atoms with Crippen molar-refractivity contribution in [3.8, 4) is 0 Å². The molecule has 6 heteroatoms. The van der Waals surface area contributed by atoms with Gasteiger partial charge in [0.15, 0.2) is 0 Å². The number of hydrogen-bond acceptors (Lipinski definition) is 3. The number of rotatable bonds is 14. The molecule has 0 saturated heterocycles. The van der Waals surface area contributed by atoms with E-state index in [0.29, 0.717) is 6.42 Å². The minimum Gasteiger partial charge on any atom is -0.480 e. The fourth-order valence-electron chi connectivity index (χ4n) is 2.16. The van der Waals surface area contributed by atoms with Gasteiger partial charge in [-0.25, -0.2) is 13.1 Å². The van der Waals surface area contributed by atoms with Crippen molar-refractivity contribution >= 4 is 16.0 Å². The first-order valence-corrected chi connectivity index (χ1v) is 9.77. The zero-order valence-corrected chi connectivity index (χ0v) is 14.3. The largest absolute Gasteiger partial charge is 0.480 e. The van der Waals surface area contributed by atoms with Gasteiger partial charge in [0.25, 0.3) is 0 Å². The van der Waals surface area contributed by atoms with Crippen molar-refractivity contribution in [3.63, 3.8) is 0 Å². The first kappa shape index (κ1) is 20.4. The van der Waals surface area contributed by atoms with E-state index < -0.39 is 22.0 Å². The predicted octanol–water partition coefficient (Wildman–Crippen LogP) is 3.30. The molecule has 0 radical (unpaired) electrons. The van der Waals surface area contributed by atoms with Crippen LogP contribution in [0, 0.1) is 0 Å². The molecule has 0 aromatic carbocycles. The van der Waals surface area contributed by atoms with E-state index in [0.717, 1.165) is 19.3 Å². The van der Waals surface area contributed by atoms with Crippen molar-refractivity contribution in [1.82, 2.24) is 4.72 Å². The summed E-state index contributed by atoms with van der Waals surface area (Å²) in [5, 5.41) is 8.66. The number of sulfonamides is 1. The Morgan fingerprint density at radius 1 is 0.952 bits per heavy atom. The van der Waals surface area contributed by atoms with Crippen molar-refractivity contribution in [1.29, 1.82) is 0 Å². The molecule has 0 heterocycles. The molecule has 0 bridgehead atoms. The summed E-state index contributed by atoms with van der Waals surface area (Å²) in [5.41, 5.74) is 0. The maximum absolute atomic E-state index is 11.6. The number of carboxylic acids is 1. The second-order valence-electron chi connectivity index (χ2n) is 5.68. The highest BCUT2D eigenvalue weighted by Crippen LogP contribution is 2.10. The van der Waals surface area contributed by atoms with Crippen molar-refractivity contribution in [3.05, 3.63) is 0 Å². The molecule has 126 valence electrons. The highest BCUT2D eigenvalue weighted by molar-refractivity contribution is 7.89. The zero-order valence-electron chi connectivity index (χ0n) is 13.4. The minimum absolute atomic E-state index is 0.0150. The van der Waals surface area contributed by atoms with Gasteiger partial charge in [0.1, 0.15) is 6.04 Å². The molecule has 0 aromatic rings. The lowest BCUT2D eigenvalue weighted by molar-refractivity contribution is -0.138. The van der Waals surface area contributed by atoms with E-state index >= 15 is 0 Å². The summed E-state index contributed by atoms with van der Waals surface area (Å²) >= 11 is 0. The fourth-order valence-corrected chi connectivity index (χ4v) is 3.50. The van der Waals surface area contributed by atoms with Gasteiger partial charge in [-0.05, 0) is 13.3 Å². The normalized spacial score (nSPS) is 13.2. The summed E-state index contributed by atoms with van der Waals surface area (Å²) in [6.45, 7) is 3.54. The number of unbranched alkanes of at least 4 members (excludes halogenated alkanes) is 9. The van der Waals surface area contributed by atoms with Crippen molar-refractivity contribution in [2.45, 2.75) is 84.1 Å². The third-order valence-electron chi connectivity index (χ3n) is 3.49. The van der Waals surface area contributed by atoms with Crippen LogP contribution in [0.5, 0.6) is 0 Å². The topological polar surface area (TPSA) is 83.5 Å². The maximum atomic E-state index is 11.6. The fraction of sp³-hybridized carbons (Fsp3) is 0.933. The smallest absolute Gasteiger partial charge is 0.321 e. The van der Waals surface area contributed by atoms with Crippen LogP contribution in [-0.2, 0) is 14.8 Å². The van der Waals surface area contributed by atoms with E-state index in [4.69, 9.17) is 5.11 Å². The van der Waals surface area contributed by atoms with Gasteiger partial charge in [-0.1, -0.05) is 64.7 Å². The number of nitrogens with one attached hydrogen (secondary N) is 1. The average Bonchev–Trinajstić information content (AvgIpc) is 2.40. The van der Waals surface area contributed by atoms with E-state index in [-0.39, 0.29) is 5.75 Å². The SMILES string of the molecule is CCCCCCCCCCCCS(=O)(=O)NC(C)C(=O)O. The second kappa shape index (κ2) is 12.0. The van der Waals surface area contributed by atoms with Crippen molar-refractivity contribution in [2.75, 3.05) is 5.75 Å². The van der Waals surface area contributed by atoms with Crippen molar-refractivity contribution in [2.24, 2.45) is 0 Å². The molecule has 0 aliphatic rings. The first-order chi connectivity index (χ1) is 9.89. The van der Waals surface area contributed by atoms with Gasteiger partial charge in [-0.3, -0.25) is 4.79 Å². The van der Waals surface area contributed by atoms with Crippen LogP contribution in [0.25, 0.3) is 0 Å². The van der Waals surface area contributed by atoms with E-state index in [2.05, 4.69) is 11.6 Å². The molecule has 0 rings (SSSR count). The molecule has 0 aliphatic heterocycles. The third kappa shape index (κ3) is 12.8. The Bertz CT molecular complexity index is 368. The Hall–Kier alpha value is -0.620. The lowest BCUT2D eigenvalue weighted by atomic mass is 10.1. The second-order valence-corrected chi connectivity index (χ2v) is 7.55. The van der Waals surface area contributed by atoms with Gasteiger partial charge in [-0.15, -0.1) is 0 Å². The summed E-state index contributed by atoms with van der Waals surface area (Å²) in [6, 6.07) is -1.06. The number of aliphatic carboxylic acids is 1. The highest BCUT2D eigenvalue weighted by atomic mass is 32.2. The van der Waals surface area contributed by atoms with Crippen LogP contribution in [0.1, 0.15) is 78.1 Å². The van der Waals surface area contributed by atoms with Crippen LogP contribution in [0.3, 0.4) is 0 Å². The average molecular weight is 321 g/mol. The van der Waals surface area contributed by atoms with E-state index in [9.17, 15) is 13.2 Å². The van der Waals surface area contributed by atoms with Crippen LogP contribution < -0.4 is 4.72 Å². The maximum Gasteiger partial charge on any atom is 0.321 e. The summed E-state index contributed by atoms with van der Waals surface area (Å²) in [7, 11) is -3.46. The van der Waals surface area contributed by atoms with E-state index in [1.54, 1.807) is 0 Å². The Balaban J connectivity index is 3.51. The molecule has 0 spiro atoms. The number of carboxylic acid groups (broad SMARTS) is 1. The first-order valence-electron chi connectivity index (χ1n) is 8.12. The predicted molar refractivity (Wildman–Crippen MR) is 85.9 cm³/mol. The van der Waals surface area contributed by atoms with E-state index in [1.165, 1.54) is 45.4 Å². The summed E-state index contributed by atoms with van der Waals surface area (Å²) in [5.74, 6) is -1.14. The van der Waals surface area contributed by atoms with Crippen LogP contribution >= 0.6 is 0 Å². The number of hydrogen-bond donors (Lipinski definition) is 2. The van der Waals surface area contributed by atoms with Gasteiger partial charge in [0.05, 0.1) is 5.75 Å². The lowest BCUT2D eigenvalue weighted by Crippen LogP contribution is -2.39. The molecule has 0 fully saturated rings. The molecule has 0 amide bonds. The molecule has 21 heavy (non-hydrogen) atoms. The van der Waals surface area contributed by atoms with Gasteiger partial charge in [-0.2, -0.15) is 0 Å². The molecule has 0 aliphatic carbocycles. The van der Waals surface area contributed by atoms with Crippen LogP contribution in [0.2, 0.25) is 0 Å². The monoisotopic (exact) mass is 321 g/mol. The van der Waals surface area contributed by atoms with Gasteiger partial charge < -0.3 is 5.11 Å². The summed E-state index contributed by atoms with van der Waals surface area (Å²) in [4.78, 5) is 10.6. The minimum atomic E-state index is -3.46. The summed E-state index contributed by atoms with van der Waals surface area (Å²) in [6.07, 6.45) is 11.4. The lowest BCUT2D eigenvalue weighted by Gasteiger charge is -2.09. The Morgan fingerprint density at radius 3 is 1.81 bits per heavy atom. The van der Waals surface area contributed by atoms with E-state index in [1.807, 2.05) is 0 Å². The Labute approximate surface area is 129 Å². The number of carbonyl (C=O) groups is 1. The quantitative estimate of drug-likeness (QED) is 0.481. The van der Waals surface area contributed by atoms with Crippen molar-refractivity contribution < 1.29 is 18.3 Å². The summed E-state index contributed by atoms with van der Waals surface area (Å²) < 4.78 is 25.4. The molecule has 0 saturated carbocycles. The molecule has 1 unspecified atom stereocenters. The molecule has 0 aromatic heterocycles. The van der Waals surface area contributed by atoms with Crippen LogP contribution in [0.15, 0.2) is 0 Å².